The van der Waals surface area contributed by atoms with Crippen molar-refractivity contribution in [1.29, 1.82) is 0 Å². The number of carbonyl (C=O) groups is 2. The monoisotopic (exact) mass is 271 g/mol. The molecule has 0 saturated carbocycles. The van der Waals surface area contributed by atoms with Gasteiger partial charge in [-0.3, -0.25) is 0 Å². The summed E-state index contributed by atoms with van der Waals surface area (Å²) >= 11 is 0. The Kier molecular flexibility index (Phi) is 10.3. The van der Waals surface area contributed by atoms with E-state index in [0.717, 1.165) is 0 Å². The normalized spacial score (nSPS) is 16.8. The fourth-order valence-corrected chi connectivity index (χ4v) is 0.666. The minimum absolute atomic E-state index is 0.0972. The number of hydrogen-bond acceptors (Lipinski definition) is 8. The van der Waals surface area contributed by atoms with Crippen molar-refractivity contribution in [2.24, 2.45) is 5.73 Å². The summed E-state index contributed by atoms with van der Waals surface area (Å²) < 4.78 is 0. The van der Waals surface area contributed by atoms with Crippen molar-refractivity contribution < 1.29 is 45.3 Å². The molecule has 0 heterocycles. The van der Waals surface area contributed by atoms with Gasteiger partial charge in [-0.05, 0) is 0 Å². The SMILES string of the molecule is NCCO.O=C(O)[C@@H](O)[C@@H](O)[C@H](O)[C@@H](O)C(=O)O. The van der Waals surface area contributed by atoms with Crippen LogP contribution in [0.5, 0.6) is 0 Å². The van der Waals surface area contributed by atoms with Crippen LogP contribution in [0.4, 0.5) is 0 Å². The fraction of sp³-hybridized carbons (Fsp3) is 0.750. The van der Waals surface area contributed by atoms with Crippen LogP contribution in [0.2, 0.25) is 0 Å². The van der Waals surface area contributed by atoms with Crippen molar-refractivity contribution in [3.05, 3.63) is 0 Å². The van der Waals surface area contributed by atoms with Crippen LogP contribution in [-0.2, 0) is 9.59 Å². The standard InChI is InChI=1S/C6H10O8.C2H7NO/c7-1(3(9)5(11)12)2(8)4(10)6(13)14;3-1-2-4/h1-4,7-10H,(H,11,12)(H,13,14);4H,1-3H2/t1-,2-,3-,4+;/m0./s1. The Morgan fingerprint density at radius 1 is 0.889 bits per heavy atom. The third-order valence-electron chi connectivity index (χ3n) is 1.63. The quantitative estimate of drug-likeness (QED) is 0.233. The summed E-state index contributed by atoms with van der Waals surface area (Å²) in [6.45, 7) is 0.472. The van der Waals surface area contributed by atoms with Gasteiger partial charge in [0.1, 0.15) is 12.2 Å². The number of carboxylic acids is 2. The van der Waals surface area contributed by atoms with Crippen LogP contribution >= 0.6 is 0 Å². The van der Waals surface area contributed by atoms with E-state index in [0.29, 0.717) is 6.54 Å². The zero-order valence-electron chi connectivity index (χ0n) is 9.25. The second-order valence-corrected chi connectivity index (χ2v) is 3.06. The molecule has 0 radical (unpaired) electrons. The van der Waals surface area contributed by atoms with Crippen LogP contribution in [0.3, 0.4) is 0 Å². The Morgan fingerprint density at radius 2 is 1.11 bits per heavy atom. The molecule has 0 aromatic carbocycles. The molecule has 0 aromatic rings. The molecule has 108 valence electrons. The lowest BCUT2D eigenvalue weighted by Gasteiger charge is -2.21. The van der Waals surface area contributed by atoms with Crippen LogP contribution in [0.25, 0.3) is 0 Å². The summed E-state index contributed by atoms with van der Waals surface area (Å²) in [5.41, 5.74) is 4.78. The van der Waals surface area contributed by atoms with E-state index in [2.05, 4.69) is 0 Å². The maximum absolute atomic E-state index is 10.1. The van der Waals surface area contributed by atoms with Gasteiger partial charge in [-0.15, -0.1) is 0 Å². The van der Waals surface area contributed by atoms with Crippen LogP contribution in [0, 0.1) is 0 Å². The number of aliphatic hydroxyl groups is 5. The van der Waals surface area contributed by atoms with E-state index in [1.807, 2.05) is 0 Å². The van der Waals surface area contributed by atoms with E-state index < -0.39 is 36.4 Å². The van der Waals surface area contributed by atoms with Crippen molar-refractivity contribution in [2.75, 3.05) is 13.2 Å². The van der Waals surface area contributed by atoms with Gasteiger partial charge in [-0.2, -0.15) is 0 Å². The van der Waals surface area contributed by atoms with Gasteiger partial charge in [0.05, 0.1) is 6.61 Å². The molecule has 18 heavy (non-hydrogen) atoms. The molecule has 0 aliphatic heterocycles. The zero-order chi connectivity index (χ0) is 14.9. The van der Waals surface area contributed by atoms with E-state index in [9.17, 15) is 9.59 Å². The highest BCUT2D eigenvalue weighted by Crippen LogP contribution is 2.05. The number of aliphatic carboxylic acids is 2. The third kappa shape index (κ3) is 7.11. The van der Waals surface area contributed by atoms with Crippen LogP contribution in [0.1, 0.15) is 0 Å². The van der Waals surface area contributed by atoms with Crippen molar-refractivity contribution in [3.63, 3.8) is 0 Å². The summed E-state index contributed by atoms with van der Waals surface area (Å²) in [5, 5.41) is 59.2. The second kappa shape index (κ2) is 9.70. The smallest absolute Gasteiger partial charge is 0.335 e. The van der Waals surface area contributed by atoms with Gasteiger partial charge >= 0.3 is 11.9 Å². The highest BCUT2D eigenvalue weighted by atomic mass is 16.4. The number of hydrogen-bond donors (Lipinski definition) is 8. The largest absolute Gasteiger partial charge is 0.479 e. The van der Waals surface area contributed by atoms with Gasteiger partial charge in [-0.25, -0.2) is 9.59 Å². The second-order valence-electron chi connectivity index (χ2n) is 3.06. The number of carboxylic acid groups (broad SMARTS) is 2. The molecular formula is C8H17NO9. The van der Waals surface area contributed by atoms with E-state index in [1.54, 1.807) is 0 Å². The molecule has 0 amide bonds. The molecular weight excluding hydrogens is 254 g/mol. The summed E-state index contributed by atoms with van der Waals surface area (Å²) in [6.07, 6.45) is -9.28. The molecule has 0 fully saturated rings. The first-order chi connectivity index (χ1) is 8.20. The number of rotatable bonds is 6. The average molecular weight is 271 g/mol. The average Bonchev–Trinajstić information content (AvgIpc) is 2.34. The van der Waals surface area contributed by atoms with E-state index in [4.69, 9.17) is 41.5 Å². The van der Waals surface area contributed by atoms with E-state index >= 15 is 0 Å². The molecule has 9 N–H and O–H groups in total. The molecule has 0 spiro atoms. The van der Waals surface area contributed by atoms with Gasteiger partial charge in [0, 0.05) is 6.54 Å². The lowest BCUT2D eigenvalue weighted by Crippen LogP contribution is -2.49. The first-order valence-corrected chi connectivity index (χ1v) is 4.69. The highest BCUT2D eigenvalue weighted by molar-refractivity contribution is 5.75. The maximum Gasteiger partial charge on any atom is 0.335 e. The van der Waals surface area contributed by atoms with Gasteiger partial charge in [0.15, 0.2) is 12.2 Å². The van der Waals surface area contributed by atoms with Gasteiger partial charge in [0.25, 0.3) is 0 Å². The Hall–Kier alpha value is -1.30. The Morgan fingerprint density at radius 3 is 1.22 bits per heavy atom. The lowest BCUT2D eigenvalue weighted by atomic mass is 10.0. The minimum atomic E-state index is -2.36. The first-order valence-electron chi connectivity index (χ1n) is 4.69. The topological polar surface area (TPSA) is 202 Å². The van der Waals surface area contributed by atoms with Crippen molar-refractivity contribution >= 4 is 11.9 Å². The molecule has 10 heteroatoms. The lowest BCUT2D eigenvalue weighted by molar-refractivity contribution is -0.172. The predicted molar refractivity (Wildman–Crippen MR) is 55.4 cm³/mol. The Balaban J connectivity index is 0. The van der Waals surface area contributed by atoms with Crippen molar-refractivity contribution in [3.8, 4) is 0 Å². The Bertz CT molecular complexity index is 233. The molecule has 0 aliphatic carbocycles. The third-order valence-corrected chi connectivity index (χ3v) is 1.63. The van der Waals surface area contributed by atoms with Crippen LogP contribution in [-0.4, -0.2) is 85.3 Å². The maximum atomic E-state index is 10.1. The zero-order valence-corrected chi connectivity index (χ0v) is 9.25. The van der Waals surface area contributed by atoms with Crippen molar-refractivity contribution in [1.82, 2.24) is 0 Å². The highest BCUT2D eigenvalue weighted by Gasteiger charge is 2.37. The fourth-order valence-electron chi connectivity index (χ4n) is 0.666. The summed E-state index contributed by atoms with van der Waals surface area (Å²) in [5.74, 6) is -3.68. The summed E-state index contributed by atoms with van der Waals surface area (Å²) in [7, 11) is 0. The van der Waals surface area contributed by atoms with Gasteiger partial charge in [-0.1, -0.05) is 0 Å². The predicted octanol–water partition coefficient (Wildman–Crippen LogP) is -4.46. The molecule has 0 saturated heterocycles. The molecule has 0 unspecified atom stereocenters. The molecule has 0 bridgehead atoms. The number of aliphatic hydroxyl groups excluding tert-OH is 5. The van der Waals surface area contributed by atoms with E-state index in [1.165, 1.54) is 0 Å². The molecule has 10 nitrogen and oxygen atoms in total. The summed E-state index contributed by atoms with van der Waals surface area (Å²) in [4.78, 5) is 20.2. The van der Waals surface area contributed by atoms with E-state index in [-0.39, 0.29) is 6.61 Å². The Labute approximate surface area is 102 Å². The molecule has 4 atom stereocenters. The van der Waals surface area contributed by atoms with Gasteiger partial charge in [0.2, 0.25) is 0 Å². The minimum Gasteiger partial charge on any atom is -0.479 e. The van der Waals surface area contributed by atoms with Crippen molar-refractivity contribution in [2.45, 2.75) is 24.4 Å². The van der Waals surface area contributed by atoms with Gasteiger partial charge < -0.3 is 41.5 Å². The van der Waals surface area contributed by atoms with Crippen LogP contribution < -0.4 is 5.73 Å². The summed E-state index contributed by atoms with van der Waals surface area (Å²) in [6, 6.07) is 0. The molecule has 0 aliphatic rings. The first kappa shape index (κ1) is 19.0. The number of nitrogens with two attached hydrogens (primary N) is 1. The van der Waals surface area contributed by atoms with Crippen LogP contribution in [0.15, 0.2) is 0 Å². The molecule has 0 rings (SSSR count). The molecule has 0 aromatic heterocycles.